The third-order valence-corrected chi connectivity index (χ3v) is 4.74. The number of hydrogen-bond donors (Lipinski definition) is 2. The summed E-state index contributed by atoms with van der Waals surface area (Å²) in [6.45, 7) is 1.92. The smallest absolute Gasteiger partial charge is 0.257 e. The number of pyridine rings is 1. The minimum absolute atomic E-state index is 0.183. The number of rotatable bonds is 4. The molecule has 8 heteroatoms. The number of fused-ring (bicyclic) bond motifs is 1. The van der Waals surface area contributed by atoms with Crippen molar-refractivity contribution in [2.45, 2.75) is 6.92 Å². The molecule has 2 aromatic heterocycles. The van der Waals surface area contributed by atoms with Crippen LogP contribution in [0.4, 0.5) is 5.69 Å². The molecule has 0 saturated heterocycles. The van der Waals surface area contributed by atoms with Crippen molar-refractivity contribution in [1.29, 1.82) is 0 Å². The maximum atomic E-state index is 12.5. The Balaban J connectivity index is 1.52. The van der Waals surface area contributed by atoms with E-state index < -0.39 is 0 Å². The number of hydrogen-bond acceptors (Lipinski definition) is 6. The number of carbonyl (C=O) groups excluding carboxylic acids is 1. The topological polar surface area (TPSA) is 89.3 Å². The van der Waals surface area contributed by atoms with Gasteiger partial charge in [0.2, 0.25) is 5.89 Å². The molecule has 2 heterocycles. The molecule has 4 aromatic rings. The number of carbonyl (C=O) groups is 1. The minimum Gasteiger partial charge on any atom is -0.497 e. The van der Waals surface area contributed by atoms with Gasteiger partial charge < -0.3 is 14.5 Å². The van der Waals surface area contributed by atoms with E-state index in [2.05, 4.69) is 20.6 Å². The lowest BCUT2D eigenvalue weighted by Crippen LogP contribution is -2.34. The van der Waals surface area contributed by atoms with Crippen LogP contribution in [0.2, 0.25) is 0 Å². The zero-order chi connectivity index (χ0) is 21.1. The maximum absolute atomic E-state index is 12.5. The molecule has 4 rings (SSSR count). The van der Waals surface area contributed by atoms with E-state index in [0.717, 1.165) is 16.8 Å². The van der Waals surface area contributed by atoms with Crippen molar-refractivity contribution in [3.05, 3.63) is 71.9 Å². The van der Waals surface area contributed by atoms with Gasteiger partial charge in [-0.25, -0.2) is 4.98 Å². The van der Waals surface area contributed by atoms with Gasteiger partial charge in [-0.2, -0.15) is 4.98 Å². The van der Waals surface area contributed by atoms with Crippen LogP contribution < -0.4 is 15.4 Å². The van der Waals surface area contributed by atoms with Crippen LogP contribution in [0.25, 0.3) is 22.7 Å². The first-order chi connectivity index (χ1) is 14.5. The van der Waals surface area contributed by atoms with Crippen molar-refractivity contribution in [3.8, 4) is 17.2 Å². The second-order valence-electron chi connectivity index (χ2n) is 6.46. The second kappa shape index (κ2) is 8.30. The van der Waals surface area contributed by atoms with Gasteiger partial charge in [-0.15, -0.1) is 0 Å². The lowest BCUT2D eigenvalue weighted by atomic mass is 10.1. The fraction of sp³-hybridized carbons (Fsp3) is 0.0909. The quantitative estimate of drug-likeness (QED) is 0.477. The highest BCUT2D eigenvalue weighted by atomic mass is 32.1. The van der Waals surface area contributed by atoms with E-state index in [0.29, 0.717) is 28.4 Å². The number of thiocarbonyl (C=S) groups is 1. The largest absolute Gasteiger partial charge is 0.497 e. The van der Waals surface area contributed by atoms with Gasteiger partial charge in [0.05, 0.1) is 7.11 Å². The third kappa shape index (κ3) is 3.99. The molecular weight excluding hydrogens is 400 g/mol. The van der Waals surface area contributed by atoms with E-state index in [1.807, 2.05) is 31.2 Å². The molecule has 0 aliphatic carbocycles. The Labute approximate surface area is 178 Å². The molecule has 2 aromatic carbocycles. The van der Waals surface area contributed by atoms with Crippen molar-refractivity contribution in [2.75, 3.05) is 12.4 Å². The lowest BCUT2D eigenvalue weighted by molar-refractivity contribution is 0.0977. The number of aromatic nitrogens is 2. The van der Waals surface area contributed by atoms with Gasteiger partial charge in [-0.3, -0.25) is 10.1 Å². The molecule has 0 atom stereocenters. The summed E-state index contributed by atoms with van der Waals surface area (Å²) < 4.78 is 11.0. The number of benzene rings is 2. The van der Waals surface area contributed by atoms with Crippen molar-refractivity contribution < 1.29 is 13.9 Å². The highest BCUT2D eigenvalue weighted by molar-refractivity contribution is 7.80. The van der Waals surface area contributed by atoms with E-state index in [9.17, 15) is 4.79 Å². The Hall–Kier alpha value is -3.78. The van der Waals surface area contributed by atoms with E-state index >= 15 is 0 Å². The predicted octanol–water partition coefficient (Wildman–Crippen LogP) is 4.33. The van der Waals surface area contributed by atoms with Gasteiger partial charge in [0.15, 0.2) is 16.3 Å². The Bertz CT molecular complexity index is 1220. The summed E-state index contributed by atoms with van der Waals surface area (Å²) in [6, 6.07) is 16.1. The molecule has 0 aliphatic rings. The van der Waals surface area contributed by atoms with E-state index in [1.54, 1.807) is 43.6 Å². The zero-order valence-corrected chi connectivity index (χ0v) is 17.1. The van der Waals surface area contributed by atoms with E-state index in [4.69, 9.17) is 21.4 Å². The third-order valence-electron chi connectivity index (χ3n) is 4.54. The Morgan fingerprint density at radius 3 is 2.77 bits per heavy atom. The Morgan fingerprint density at radius 1 is 1.13 bits per heavy atom. The zero-order valence-electron chi connectivity index (χ0n) is 16.3. The standard InChI is InChI=1S/C22H18N4O3S/c1-13-16(21-25-19-18(29-21)10-5-11-23-19)8-4-9-17(13)24-22(30)26-20(27)14-6-3-7-15(12-14)28-2/h3-12H,1-2H3,(H2,24,26,27,30). The van der Waals surface area contributed by atoms with E-state index in [1.165, 1.54) is 0 Å². The fourth-order valence-electron chi connectivity index (χ4n) is 2.98. The molecule has 0 aliphatic heterocycles. The van der Waals surface area contributed by atoms with Crippen LogP contribution in [-0.2, 0) is 0 Å². The number of oxazole rings is 1. The molecule has 0 saturated carbocycles. The average molecular weight is 418 g/mol. The molecular formula is C22H18N4O3S. The number of nitrogens with zero attached hydrogens (tertiary/aromatic N) is 2. The van der Waals surface area contributed by atoms with Crippen molar-refractivity contribution in [1.82, 2.24) is 15.3 Å². The first-order valence-electron chi connectivity index (χ1n) is 9.13. The number of ether oxygens (including phenoxy) is 1. The molecule has 0 radical (unpaired) electrons. The fourth-order valence-corrected chi connectivity index (χ4v) is 3.18. The highest BCUT2D eigenvalue weighted by Crippen LogP contribution is 2.30. The molecule has 0 spiro atoms. The van der Waals surface area contributed by atoms with Gasteiger partial charge in [0.25, 0.3) is 5.91 Å². The number of nitrogens with one attached hydrogen (secondary N) is 2. The summed E-state index contributed by atoms with van der Waals surface area (Å²) in [5.41, 5.74) is 4.03. The monoisotopic (exact) mass is 418 g/mol. The molecule has 0 fully saturated rings. The van der Waals surface area contributed by atoms with Crippen LogP contribution in [0.1, 0.15) is 15.9 Å². The van der Waals surface area contributed by atoms with Crippen molar-refractivity contribution in [2.24, 2.45) is 0 Å². The van der Waals surface area contributed by atoms with Crippen LogP contribution in [0, 0.1) is 6.92 Å². The minimum atomic E-state index is -0.328. The number of amides is 1. The molecule has 0 unspecified atom stereocenters. The van der Waals surface area contributed by atoms with Gasteiger partial charge in [-0.1, -0.05) is 12.1 Å². The van der Waals surface area contributed by atoms with Crippen LogP contribution >= 0.6 is 12.2 Å². The maximum Gasteiger partial charge on any atom is 0.257 e. The average Bonchev–Trinajstić information content (AvgIpc) is 3.19. The van der Waals surface area contributed by atoms with Crippen LogP contribution in [0.3, 0.4) is 0 Å². The van der Waals surface area contributed by atoms with Crippen molar-refractivity contribution in [3.63, 3.8) is 0 Å². The molecule has 30 heavy (non-hydrogen) atoms. The summed E-state index contributed by atoms with van der Waals surface area (Å²) in [5, 5.41) is 5.93. The predicted molar refractivity (Wildman–Crippen MR) is 119 cm³/mol. The molecule has 150 valence electrons. The Kier molecular flexibility index (Phi) is 5.40. The van der Waals surface area contributed by atoms with Crippen molar-refractivity contribution >= 4 is 40.2 Å². The SMILES string of the molecule is COc1cccc(C(=O)NC(=S)Nc2cccc(-c3nc4ncccc4o3)c2C)c1. The molecule has 7 nitrogen and oxygen atoms in total. The van der Waals surface area contributed by atoms with Gasteiger partial charge in [0, 0.05) is 23.0 Å². The molecule has 1 amide bonds. The van der Waals surface area contributed by atoms with Crippen LogP contribution in [0.15, 0.2) is 65.2 Å². The summed E-state index contributed by atoms with van der Waals surface area (Å²) in [4.78, 5) is 21.1. The highest BCUT2D eigenvalue weighted by Gasteiger charge is 2.15. The summed E-state index contributed by atoms with van der Waals surface area (Å²) in [6.07, 6.45) is 1.67. The summed E-state index contributed by atoms with van der Waals surface area (Å²) >= 11 is 5.32. The van der Waals surface area contributed by atoms with Crippen LogP contribution in [-0.4, -0.2) is 28.1 Å². The normalized spacial score (nSPS) is 10.6. The summed E-state index contributed by atoms with van der Waals surface area (Å²) in [7, 11) is 1.55. The Morgan fingerprint density at radius 2 is 1.97 bits per heavy atom. The first kappa shape index (κ1) is 19.5. The summed E-state index contributed by atoms with van der Waals surface area (Å²) in [5.74, 6) is 0.735. The van der Waals surface area contributed by atoms with Gasteiger partial charge >= 0.3 is 0 Å². The number of methoxy groups -OCH3 is 1. The molecule has 0 bridgehead atoms. The molecule has 2 N–H and O–H groups in total. The number of anilines is 1. The lowest BCUT2D eigenvalue weighted by Gasteiger charge is -2.13. The van der Waals surface area contributed by atoms with Crippen LogP contribution in [0.5, 0.6) is 5.75 Å². The first-order valence-corrected chi connectivity index (χ1v) is 9.54. The van der Waals surface area contributed by atoms with Gasteiger partial charge in [-0.05, 0) is 67.2 Å². The van der Waals surface area contributed by atoms with Gasteiger partial charge in [0.1, 0.15) is 5.75 Å². The second-order valence-corrected chi connectivity index (χ2v) is 6.87. The van der Waals surface area contributed by atoms with E-state index in [-0.39, 0.29) is 11.0 Å².